The average molecular weight is 314 g/mol. The largest absolute Gasteiger partial charge is 0.452 e. The number of benzene rings is 1. The molecule has 0 aliphatic carbocycles. The van der Waals surface area contributed by atoms with Gasteiger partial charge in [-0.25, -0.2) is 0 Å². The molecule has 0 saturated carbocycles. The lowest BCUT2D eigenvalue weighted by atomic mass is 10.1. The molecule has 1 aliphatic heterocycles. The maximum absolute atomic E-state index is 12.3. The molecule has 0 unspecified atom stereocenters. The maximum atomic E-state index is 12.3. The molecule has 22 heavy (non-hydrogen) atoms. The number of aryl methyl sites for hydroxylation is 1. The Balaban J connectivity index is 1.89. The van der Waals surface area contributed by atoms with Gasteiger partial charge < -0.3 is 9.47 Å². The highest BCUT2D eigenvalue weighted by atomic mass is 32.1. The first-order valence-electron chi connectivity index (χ1n) is 6.91. The number of hydrogen-bond acceptors (Lipinski definition) is 5. The zero-order valence-electron chi connectivity index (χ0n) is 12.2. The molecule has 1 aromatic carbocycles. The highest BCUT2D eigenvalue weighted by Gasteiger charge is 2.28. The van der Waals surface area contributed by atoms with Crippen LogP contribution in [0.4, 0.5) is 0 Å². The summed E-state index contributed by atoms with van der Waals surface area (Å²) >= 11 is 1.55. The molecule has 3 rings (SSSR count). The number of allylic oxidation sites excluding steroid dienone is 1. The zero-order valence-corrected chi connectivity index (χ0v) is 13.0. The van der Waals surface area contributed by atoms with Crippen molar-refractivity contribution in [3.05, 3.63) is 51.4 Å². The molecule has 0 atom stereocenters. The van der Waals surface area contributed by atoms with E-state index < -0.39 is 0 Å². The summed E-state index contributed by atoms with van der Waals surface area (Å²) in [6.07, 6.45) is 2.04. The van der Waals surface area contributed by atoms with Crippen molar-refractivity contribution in [3.63, 3.8) is 0 Å². The molecule has 0 bridgehead atoms. The van der Waals surface area contributed by atoms with Gasteiger partial charge in [0.2, 0.25) is 5.78 Å². The van der Waals surface area contributed by atoms with Gasteiger partial charge in [0.25, 0.3) is 0 Å². The van der Waals surface area contributed by atoms with Crippen molar-refractivity contribution in [2.75, 3.05) is 0 Å². The molecule has 0 spiro atoms. The van der Waals surface area contributed by atoms with Crippen LogP contribution in [-0.4, -0.2) is 11.8 Å². The Hall–Kier alpha value is -2.40. The quantitative estimate of drug-likeness (QED) is 0.488. The van der Waals surface area contributed by atoms with Crippen LogP contribution in [0, 0.1) is 6.92 Å². The second-order valence-corrected chi connectivity index (χ2v) is 5.84. The summed E-state index contributed by atoms with van der Waals surface area (Å²) in [5.41, 5.74) is 1.58. The molecule has 4 nitrogen and oxygen atoms in total. The number of hydrogen-bond donors (Lipinski definition) is 0. The van der Waals surface area contributed by atoms with Crippen LogP contribution in [0.25, 0.3) is 6.08 Å². The van der Waals surface area contributed by atoms with E-state index in [2.05, 4.69) is 0 Å². The lowest BCUT2D eigenvalue weighted by molar-refractivity contribution is -0.134. The summed E-state index contributed by atoms with van der Waals surface area (Å²) in [6, 6.07) is 6.79. The number of thiophene rings is 1. The molecule has 112 valence electrons. The van der Waals surface area contributed by atoms with Crippen LogP contribution in [0.2, 0.25) is 0 Å². The SMILES string of the molecule is CCC(=O)Oc1ccc2c(c1)O/C(=C\c1sccc1C)C2=O. The molecule has 0 saturated heterocycles. The van der Waals surface area contributed by atoms with E-state index in [-0.39, 0.29) is 11.8 Å². The van der Waals surface area contributed by atoms with Gasteiger partial charge in [-0.3, -0.25) is 9.59 Å². The van der Waals surface area contributed by atoms with Crippen molar-refractivity contribution in [2.24, 2.45) is 0 Å². The van der Waals surface area contributed by atoms with E-state index >= 15 is 0 Å². The number of carbonyl (C=O) groups is 2. The van der Waals surface area contributed by atoms with E-state index in [0.29, 0.717) is 29.2 Å². The molecule has 0 N–H and O–H groups in total. The Morgan fingerprint density at radius 1 is 1.36 bits per heavy atom. The Kier molecular flexibility index (Phi) is 3.81. The summed E-state index contributed by atoms with van der Waals surface area (Å²) in [7, 11) is 0. The Labute approximate surface area is 132 Å². The Bertz CT molecular complexity index is 786. The first-order valence-corrected chi connectivity index (χ1v) is 7.79. The van der Waals surface area contributed by atoms with E-state index in [1.165, 1.54) is 0 Å². The van der Waals surface area contributed by atoms with Crippen LogP contribution < -0.4 is 9.47 Å². The standard InChI is InChI=1S/C17H14O4S/c1-3-16(18)20-11-4-5-12-13(8-11)21-14(17(12)19)9-15-10(2)6-7-22-15/h4-9H,3H2,1-2H3/b14-9-. The molecule has 1 aromatic heterocycles. The van der Waals surface area contributed by atoms with Crippen LogP contribution in [0.3, 0.4) is 0 Å². The number of ether oxygens (including phenoxy) is 2. The highest BCUT2D eigenvalue weighted by Crippen LogP contribution is 2.35. The number of carbonyl (C=O) groups excluding carboxylic acids is 2. The van der Waals surface area contributed by atoms with Crippen molar-refractivity contribution < 1.29 is 19.1 Å². The third kappa shape index (κ3) is 2.67. The highest BCUT2D eigenvalue weighted by molar-refractivity contribution is 7.11. The zero-order chi connectivity index (χ0) is 15.7. The fraction of sp³-hybridized carbons (Fsp3) is 0.176. The lowest BCUT2D eigenvalue weighted by Gasteiger charge is -2.03. The maximum Gasteiger partial charge on any atom is 0.310 e. The molecule has 0 amide bonds. The number of rotatable bonds is 3. The molecule has 1 aliphatic rings. The monoisotopic (exact) mass is 314 g/mol. The van der Waals surface area contributed by atoms with E-state index in [0.717, 1.165) is 10.4 Å². The minimum absolute atomic E-state index is 0.156. The van der Waals surface area contributed by atoms with Crippen LogP contribution in [-0.2, 0) is 4.79 Å². The molecule has 0 fully saturated rings. The minimum atomic E-state index is -0.325. The summed E-state index contributed by atoms with van der Waals surface area (Å²) in [6.45, 7) is 3.71. The van der Waals surface area contributed by atoms with Gasteiger partial charge >= 0.3 is 5.97 Å². The topological polar surface area (TPSA) is 52.6 Å². The van der Waals surface area contributed by atoms with E-state index in [4.69, 9.17) is 9.47 Å². The molecular formula is C17H14O4S. The van der Waals surface area contributed by atoms with Gasteiger partial charge in [0.05, 0.1) is 5.56 Å². The summed E-state index contributed by atoms with van der Waals surface area (Å²) in [5, 5.41) is 1.97. The first kappa shape index (κ1) is 14.5. The smallest absolute Gasteiger partial charge is 0.310 e. The van der Waals surface area contributed by atoms with Crippen LogP contribution in [0.15, 0.2) is 35.4 Å². The van der Waals surface area contributed by atoms with E-state index in [9.17, 15) is 9.59 Å². The summed E-state index contributed by atoms with van der Waals surface area (Å²) < 4.78 is 10.8. The molecule has 2 heterocycles. The fourth-order valence-electron chi connectivity index (χ4n) is 2.09. The molecular weight excluding hydrogens is 300 g/mol. The Morgan fingerprint density at radius 3 is 2.86 bits per heavy atom. The second kappa shape index (κ2) is 5.77. The van der Waals surface area contributed by atoms with Gasteiger partial charge in [0, 0.05) is 23.4 Å². The number of ketones is 1. The van der Waals surface area contributed by atoms with Gasteiger partial charge in [-0.15, -0.1) is 11.3 Å². The van der Waals surface area contributed by atoms with Crippen molar-refractivity contribution in [3.8, 4) is 11.5 Å². The van der Waals surface area contributed by atoms with Gasteiger partial charge in [-0.1, -0.05) is 6.92 Å². The predicted molar refractivity (Wildman–Crippen MR) is 84.4 cm³/mol. The molecule has 5 heteroatoms. The van der Waals surface area contributed by atoms with E-state index in [1.54, 1.807) is 42.5 Å². The number of Topliss-reactive ketones (excluding diaryl/α,β-unsaturated/α-hetero) is 1. The van der Waals surface area contributed by atoms with Crippen molar-refractivity contribution in [2.45, 2.75) is 20.3 Å². The van der Waals surface area contributed by atoms with Crippen molar-refractivity contribution >= 4 is 29.2 Å². The fourth-order valence-corrected chi connectivity index (χ4v) is 2.93. The van der Waals surface area contributed by atoms with Gasteiger partial charge in [0.15, 0.2) is 5.76 Å². The van der Waals surface area contributed by atoms with Crippen LogP contribution >= 0.6 is 11.3 Å². The van der Waals surface area contributed by atoms with E-state index in [1.807, 2.05) is 18.4 Å². The van der Waals surface area contributed by atoms with Gasteiger partial charge in [-0.05, 0) is 36.1 Å². The minimum Gasteiger partial charge on any atom is -0.452 e. The van der Waals surface area contributed by atoms with Crippen molar-refractivity contribution in [1.29, 1.82) is 0 Å². The lowest BCUT2D eigenvalue weighted by Crippen LogP contribution is -2.05. The number of esters is 1. The summed E-state index contributed by atoms with van der Waals surface area (Å²) in [5.74, 6) is 0.615. The number of fused-ring (bicyclic) bond motifs is 1. The summed E-state index contributed by atoms with van der Waals surface area (Å²) in [4.78, 5) is 24.6. The normalized spacial score (nSPS) is 14.8. The van der Waals surface area contributed by atoms with Crippen molar-refractivity contribution in [1.82, 2.24) is 0 Å². The van der Waals surface area contributed by atoms with Gasteiger partial charge in [-0.2, -0.15) is 0 Å². The third-order valence-electron chi connectivity index (χ3n) is 3.33. The van der Waals surface area contributed by atoms with Crippen LogP contribution in [0.5, 0.6) is 11.5 Å². The first-order chi connectivity index (χ1) is 10.6. The second-order valence-electron chi connectivity index (χ2n) is 4.89. The van der Waals surface area contributed by atoms with Crippen LogP contribution in [0.1, 0.15) is 34.1 Å². The van der Waals surface area contributed by atoms with Gasteiger partial charge in [0.1, 0.15) is 11.5 Å². The molecule has 0 radical (unpaired) electrons. The third-order valence-corrected chi connectivity index (χ3v) is 4.29. The Morgan fingerprint density at radius 2 is 2.18 bits per heavy atom. The average Bonchev–Trinajstić information content (AvgIpc) is 3.04. The molecule has 2 aromatic rings. The predicted octanol–water partition coefficient (Wildman–Crippen LogP) is 3.99.